The van der Waals surface area contributed by atoms with Crippen LogP contribution >= 0.6 is 0 Å². The van der Waals surface area contributed by atoms with Gasteiger partial charge in [-0.15, -0.1) is 0 Å². The molecule has 28 heavy (non-hydrogen) atoms. The van der Waals surface area contributed by atoms with Gasteiger partial charge < -0.3 is 14.3 Å². The zero-order chi connectivity index (χ0) is 20.9. The molecule has 0 aromatic heterocycles. The third-order valence-electron chi connectivity index (χ3n) is 6.19. The number of rotatable bonds is 5. The van der Waals surface area contributed by atoms with Crippen LogP contribution in [0.5, 0.6) is 0 Å². The van der Waals surface area contributed by atoms with Gasteiger partial charge in [-0.3, -0.25) is 4.90 Å². The number of hydrogen-bond acceptors (Lipinski definition) is 4. The highest BCUT2D eigenvalue weighted by Gasteiger charge is 2.43. The molecule has 1 aliphatic carbocycles. The van der Waals surface area contributed by atoms with E-state index < -0.39 is 26.5 Å². The third kappa shape index (κ3) is 3.93. The summed E-state index contributed by atoms with van der Waals surface area (Å²) >= 11 is 0. The molecule has 1 aliphatic heterocycles. The van der Waals surface area contributed by atoms with Gasteiger partial charge >= 0.3 is 12.1 Å². The Bertz CT molecular complexity index is 785. The van der Waals surface area contributed by atoms with E-state index in [-0.39, 0.29) is 29.4 Å². The van der Waals surface area contributed by atoms with Crippen LogP contribution in [-0.4, -0.2) is 44.2 Å². The molecular weight excluding hydrogens is 381 g/mol. The number of amides is 1. The van der Waals surface area contributed by atoms with Gasteiger partial charge in [-0.05, 0) is 54.6 Å². The van der Waals surface area contributed by atoms with Crippen molar-refractivity contribution in [2.24, 2.45) is 0 Å². The van der Waals surface area contributed by atoms with E-state index in [9.17, 15) is 14.0 Å². The minimum absolute atomic E-state index is 0.0983. The topological polar surface area (TPSA) is 76.1 Å². The second kappa shape index (κ2) is 7.15. The number of carbonyl (C=O) groups is 2. The minimum Gasteiger partial charge on any atom is -0.478 e. The second-order valence-corrected chi connectivity index (χ2v) is 14.0. The Balaban J connectivity index is 1.64. The molecule has 0 radical (unpaired) electrons. The van der Waals surface area contributed by atoms with Crippen molar-refractivity contribution in [3.05, 3.63) is 29.6 Å². The number of hydrogen-bond donors (Lipinski definition) is 1. The van der Waals surface area contributed by atoms with Crippen molar-refractivity contribution in [3.63, 3.8) is 0 Å². The molecule has 1 heterocycles. The monoisotopic (exact) mass is 409 g/mol. The van der Waals surface area contributed by atoms with Crippen molar-refractivity contribution in [2.45, 2.75) is 69.9 Å². The third-order valence-corrected chi connectivity index (χ3v) is 10.7. The minimum atomic E-state index is -1.83. The molecule has 154 valence electrons. The van der Waals surface area contributed by atoms with Crippen LogP contribution in [0.2, 0.25) is 18.1 Å². The Morgan fingerprint density at radius 1 is 1.32 bits per heavy atom. The van der Waals surface area contributed by atoms with Crippen LogP contribution in [0.25, 0.3) is 0 Å². The lowest BCUT2D eigenvalue weighted by atomic mass is 9.77. The fourth-order valence-electron chi connectivity index (χ4n) is 3.33. The van der Waals surface area contributed by atoms with E-state index in [0.717, 1.165) is 17.7 Å². The summed E-state index contributed by atoms with van der Waals surface area (Å²) in [5.74, 6) is -1.50. The maximum absolute atomic E-state index is 14.7. The first kappa shape index (κ1) is 20.8. The number of carboxylic acid groups (broad SMARTS) is 1. The maximum Gasteiger partial charge on any atom is 0.415 e. The van der Waals surface area contributed by atoms with Gasteiger partial charge in [0.15, 0.2) is 8.32 Å². The summed E-state index contributed by atoms with van der Waals surface area (Å²) in [6.07, 6.45) is -0.262. The SMILES string of the molecule is CC(C)(C)[Si](C)(C)OC1CC(c2ccc(N3C[C@H](C(=O)O)OC3=O)cc2F)C1. The largest absolute Gasteiger partial charge is 0.478 e. The molecule has 1 atom stereocenters. The van der Waals surface area contributed by atoms with Gasteiger partial charge in [0.25, 0.3) is 0 Å². The first-order valence-electron chi connectivity index (χ1n) is 9.57. The predicted octanol–water partition coefficient (Wildman–Crippen LogP) is 4.50. The number of benzene rings is 1. The van der Waals surface area contributed by atoms with Gasteiger partial charge in [-0.2, -0.15) is 0 Å². The molecule has 1 N–H and O–H groups in total. The van der Waals surface area contributed by atoms with E-state index in [1.807, 2.05) is 0 Å². The van der Waals surface area contributed by atoms with Gasteiger partial charge in [-0.1, -0.05) is 26.8 Å². The fraction of sp³-hybridized carbons (Fsp3) is 0.600. The van der Waals surface area contributed by atoms with Crippen LogP contribution in [0.3, 0.4) is 0 Å². The number of ether oxygens (including phenoxy) is 1. The Morgan fingerprint density at radius 2 is 1.96 bits per heavy atom. The lowest BCUT2D eigenvalue weighted by Crippen LogP contribution is -2.47. The molecule has 2 fully saturated rings. The van der Waals surface area contributed by atoms with E-state index in [1.54, 1.807) is 12.1 Å². The molecule has 3 rings (SSSR count). The van der Waals surface area contributed by atoms with E-state index in [4.69, 9.17) is 14.3 Å². The number of nitrogens with zero attached hydrogens (tertiary/aromatic N) is 1. The molecule has 1 aromatic carbocycles. The van der Waals surface area contributed by atoms with Gasteiger partial charge in [0.2, 0.25) is 6.10 Å². The quantitative estimate of drug-likeness (QED) is 0.725. The van der Waals surface area contributed by atoms with Crippen LogP contribution in [0.1, 0.15) is 45.1 Å². The first-order valence-corrected chi connectivity index (χ1v) is 12.5. The highest BCUT2D eigenvalue weighted by Crippen LogP contribution is 2.45. The van der Waals surface area contributed by atoms with Crippen LogP contribution in [0.15, 0.2) is 18.2 Å². The number of carboxylic acids is 1. The van der Waals surface area contributed by atoms with Crippen molar-refractivity contribution in [1.29, 1.82) is 0 Å². The number of cyclic esters (lactones) is 1. The first-order chi connectivity index (χ1) is 12.9. The summed E-state index contributed by atoms with van der Waals surface area (Å²) in [6.45, 7) is 10.9. The smallest absolute Gasteiger partial charge is 0.415 e. The molecule has 0 bridgehead atoms. The highest BCUT2D eigenvalue weighted by atomic mass is 28.4. The normalized spacial score (nSPS) is 25.4. The zero-order valence-corrected chi connectivity index (χ0v) is 18.0. The summed E-state index contributed by atoms with van der Waals surface area (Å²) in [6, 6.07) is 4.61. The summed E-state index contributed by atoms with van der Waals surface area (Å²) in [5, 5.41) is 9.12. The van der Waals surface area contributed by atoms with Gasteiger partial charge in [-0.25, -0.2) is 14.0 Å². The number of anilines is 1. The Morgan fingerprint density at radius 3 is 2.46 bits per heavy atom. The van der Waals surface area contributed by atoms with E-state index >= 15 is 0 Å². The van der Waals surface area contributed by atoms with Crippen LogP contribution in [0.4, 0.5) is 14.9 Å². The van der Waals surface area contributed by atoms with Crippen molar-refractivity contribution in [2.75, 3.05) is 11.4 Å². The van der Waals surface area contributed by atoms with Crippen molar-refractivity contribution in [1.82, 2.24) is 0 Å². The van der Waals surface area contributed by atoms with Crippen LogP contribution in [-0.2, 0) is 14.0 Å². The molecule has 6 nitrogen and oxygen atoms in total. The molecule has 1 amide bonds. The van der Waals surface area contributed by atoms with E-state index in [1.165, 1.54) is 6.07 Å². The summed E-state index contributed by atoms with van der Waals surface area (Å²) < 4.78 is 25.8. The fourth-order valence-corrected chi connectivity index (χ4v) is 4.71. The summed E-state index contributed by atoms with van der Waals surface area (Å²) in [5.41, 5.74) is 0.921. The average molecular weight is 410 g/mol. The van der Waals surface area contributed by atoms with Crippen molar-refractivity contribution >= 4 is 26.1 Å². The number of halogens is 1. The Labute approximate surface area is 165 Å². The molecule has 0 unspecified atom stereocenters. The maximum atomic E-state index is 14.7. The highest BCUT2D eigenvalue weighted by molar-refractivity contribution is 6.74. The van der Waals surface area contributed by atoms with E-state index in [2.05, 4.69) is 33.9 Å². The predicted molar refractivity (Wildman–Crippen MR) is 106 cm³/mol. The Kier molecular flexibility index (Phi) is 5.31. The standard InChI is InChI=1S/C20H28FNO5Si/c1-20(2,3)28(4,5)27-14-8-12(9-14)15-7-6-13(10-16(15)21)22-11-17(18(23)24)26-19(22)25/h6-7,10,12,14,17H,8-9,11H2,1-5H3,(H,23,24)/t12?,14?,17-/m1/s1. The molecule has 1 saturated heterocycles. The number of carbonyl (C=O) groups excluding carboxylic acids is 1. The summed E-state index contributed by atoms with van der Waals surface area (Å²) in [7, 11) is -1.83. The van der Waals surface area contributed by atoms with Crippen LogP contribution < -0.4 is 4.90 Å². The number of aliphatic carboxylic acids is 1. The van der Waals surface area contributed by atoms with Crippen molar-refractivity contribution in [3.8, 4) is 0 Å². The molecule has 0 spiro atoms. The molecule has 2 aliphatic rings. The summed E-state index contributed by atoms with van der Waals surface area (Å²) in [4.78, 5) is 24.0. The molecule has 1 saturated carbocycles. The molecule has 1 aromatic rings. The van der Waals surface area contributed by atoms with E-state index in [0.29, 0.717) is 11.3 Å². The lowest BCUT2D eigenvalue weighted by molar-refractivity contribution is -0.144. The lowest BCUT2D eigenvalue weighted by Gasteiger charge is -2.45. The van der Waals surface area contributed by atoms with Gasteiger partial charge in [0, 0.05) is 6.10 Å². The zero-order valence-electron chi connectivity index (χ0n) is 17.0. The molecule has 8 heteroatoms. The Hall–Kier alpha value is -1.93. The molecular formula is C20H28FNO5Si. The second-order valence-electron chi connectivity index (χ2n) is 9.20. The average Bonchev–Trinajstić information content (AvgIpc) is 2.92. The van der Waals surface area contributed by atoms with Crippen LogP contribution in [0, 0.1) is 5.82 Å². The van der Waals surface area contributed by atoms with Gasteiger partial charge in [0.05, 0.1) is 12.2 Å². The van der Waals surface area contributed by atoms with Gasteiger partial charge in [0.1, 0.15) is 5.82 Å². The van der Waals surface area contributed by atoms with Crippen molar-refractivity contribution < 1.29 is 28.2 Å².